The molecule has 0 aliphatic rings. The van der Waals surface area contributed by atoms with E-state index in [0.29, 0.717) is 18.0 Å². The average molecular weight is 338 g/mol. The van der Waals surface area contributed by atoms with Crippen LogP contribution in [0.4, 0.5) is 0 Å². The van der Waals surface area contributed by atoms with Crippen LogP contribution in [0.2, 0.25) is 0 Å². The minimum Gasteiger partial charge on any atom is -0.312 e. The second kappa shape index (κ2) is 6.99. The summed E-state index contributed by atoms with van der Waals surface area (Å²) < 4.78 is 2.57. The molecule has 108 valence electrons. The summed E-state index contributed by atoms with van der Waals surface area (Å²) in [6.07, 6.45) is 3.84. The fourth-order valence-electron chi connectivity index (χ4n) is 2.26. The molecule has 0 saturated heterocycles. The molecule has 0 fully saturated rings. The Kier molecular flexibility index (Phi) is 5.31. The molecular weight excluding hydrogens is 318 g/mol. The Morgan fingerprint density at radius 1 is 1.35 bits per heavy atom. The molecule has 1 aromatic carbocycles. The SMILES string of the molecule is CCC(CC)NCCn1cnc2ccc(Br)cc2c1=O. The molecule has 0 spiro atoms. The van der Waals surface area contributed by atoms with Gasteiger partial charge in [-0.15, -0.1) is 0 Å². The van der Waals surface area contributed by atoms with Crippen molar-refractivity contribution in [1.82, 2.24) is 14.9 Å². The van der Waals surface area contributed by atoms with Crippen LogP contribution in [0.1, 0.15) is 26.7 Å². The van der Waals surface area contributed by atoms with Crippen LogP contribution in [0.25, 0.3) is 10.9 Å². The summed E-state index contributed by atoms with van der Waals surface area (Å²) in [5.41, 5.74) is 0.755. The van der Waals surface area contributed by atoms with Crippen molar-refractivity contribution >= 4 is 26.8 Å². The molecule has 1 N–H and O–H groups in total. The van der Waals surface area contributed by atoms with Crippen LogP contribution < -0.4 is 10.9 Å². The first-order valence-corrected chi connectivity index (χ1v) is 7.83. The van der Waals surface area contributed by atoms with Crippen LogP contribution in [0.15, 0.2) is 33.8 Å². The van der Waals surface area contributed by atoms with Crippen molar-refractivity contribution < 1.29 is 0 Å². The van der Waals surface area contributed by atoms with E-state index in [1.165, 1.54) is 0 Å². The zero-order valence-corrected chi connectivity index (χ0v) is 13.5. The summed E-state index contributed by atoms with van der Waals surface area (Å²) in [6, 6.07) is 6.10. The van der Waals surface area contributed by atoms with Gasteiger partial charge in [0.2, 0.25) is 0 Å². The number of fused-ring (bicyclic) bond motifs is 1. The van der Waals surface area contributed by atoms with E-state index in [0.717, 1.165) is 29.4 Å². The lowest BCUT2D eigenvalue weighted by Crippen LogP contribution is -2.33. The van der Waals surface area contributed by atoms with Gasteiger partial charge in [-0.1, -0.05) is 29.8 Å². The number of nitrogens with one attached hydrogen (secondary N) is 1. The van der Waals surface area contributed by atoms with E-state index in [1.807, 2.05) is 18.2 Å². The molecule has 0 atom stereocenters. The van der Waals surface area contributed by atoms with Gasteiger partial charge in [0, 0.05) is 23.6 Å². The molecule has 1 aromatic heterocycles. The first-order chi connectivity index (χ1) is 9.65. The predicted octanol–water partition coefficient (Wildman–Crippen LogP) is 2.94. The predicted molar refractivity (Wildman–Crippen MR) is 86.1 cm³/mol. The van der Waals surface area contributed by atoms with E-state index >= 15 is 0 Å². The van der Waals surface area contributed by atoms with E-state index in [4.69, 9.17) is 0 Å². The molecule has 0 saturated carbocycles. The van der Waals surface area contributed by atoms with Crippen LogP contribution in [0.3, 0.4) is 0 Å². The lowest BCUT2D eigenvalue weighted by Gasteiger charge is -2.15. The summed E-state index contributed by atoms with van der Waals surface area (Å²) in [5.74, 6) is 0. The highest BCUT2D eigenvalue weighted by molar-refractivity contribution is 9.10. The third kappa shape index (κ3) is 3.46. The highest BCUT2D eigenvalue weighted by Crippen LogP contribution is 2.14. The molecule has 2 rings (SSSR count). The Balaban J connectivity index is 2.15. The highest BCUT2D eigenvalue weighted by atomic mass is 79.9. The molecule has 0 bridgehead atoms. The van der Waals surface area contributed by atoms with Crippen LogP contribution in [-0.4, -0.2) is 22.1 Å². The van der Waals surface area contributed by atoms with Crippen molar-refractivity contribution in [3.05, 3.63) is 39.4 Å². The first kappa shape index (κ1) is 15.2. The molecular formula is C15H20BrN3O. The van der Waals surface area contributed by atoms with E-state index < -0.39 is 0 Å². The molecule has 0 aliphatic heterocycles. The van der Waals surface area contributed by atoms with E-state index in [1.54, 1.807) is 10.9 Å². The smallest absolute Gasteiger partial charge is 0.261 e. The van der Waals surface area contributed by atoms with Crippen LogP contribution >= 0.6 is 15.9 Å². The molecule has 0 amide bonds. The fourth-order valence-corrected chi connectivity index (χ4v) is 2.62. The van der Waals surface area contributed by atoms with Gasteiger partial charge in [0.1, 0.15) is 0 Å². The summed E-state index contributed by atoms with van der Waals surface area (Å²) >= 11 is 3.39. The zero-order valence-electron chi connectivity index (χ0n) is 11.9. The van der Waals surface area contributed by atoms with Gasteiger partial charge < -0.3 is 5.32 Å². The number of rotatable bonds is 6. The van der Waals surface area contributed by atoms with Gasteiger partial charge in [0.25, 0.3) is 5.56 Å². The monoisotopic (exact) mass is 337 g/mol. The molecule has 1 heterocycles. The number of benzene rings is 1. The van der Waals surface area contributed by atoms with Crippen molar-refractivity contribution in [3.8, 4) is 0 Å². The molecule has 0 aliphatic carbocycles. The minimum atomic E-state index is 0.0163. The second-order valence-electron chi connectivity index (χ2n) is 4.87. The van der Waals surface area contributed by atoms with Gasteiger partial charge in [0.15, 0.2) is 0 Å². The Bertz CT molecular complexity index is 635. The maximum atomic E-state index is 12.4. The molecule has 20 heavy (non-hydrogen) atoms. The van der Waals surface area contributed by atoms with Crippen LogP contribution in [-0.2, 0) is 6.54 Å². The van der Waals surface area contributed by atoms with Crippen molar-refractivity contribution in [3.63, 3.8) is 0 Å². The first-order valence-electron chi connectivity index (χ1n) is 7.03. The Hall–Kier alpha value is -1.20. The quantitative estimate of drug-likeness (QED) is 0.881. The van der Waals surface area contributed by atoms with Gasteiger partial charge in [-0.05, 0) is 31.0 Å². The maximum Gasteiger partial charge on any atom is 0.261 e. The van der Waals surface area contributed by atoms with Crippen molar-refractivity contribution in [2.75, 3.05) is 6.54 Å². The molecule has 0 radical (unpaired) electrons. The number of aromatic nitrogens is 2. The Morgan fingerprint density at radius 3 is 2.80 bits per heavy atom. The van der Waals surface area contributed by atoms with Crippen molar-refractivity contribution in [1.29, 1.82) is 0 Å². The van der Waals surface area contributed by atoms with Crippen molar-refractivity contribution in [2.24, 2.45) is 0 Å². The van der Waals surface area contributed by atoms with E-state index in [-0.39, 0.29) is 5.56 Å². The van der Waals surface area contributed by atoms with Gasteiger partial charge in [-0.3, -0.25) is 9.36 Å². The van der Waals surface area contributed by atoms with E-state index in [9.17, 15) is 4.79 Å². The third-order valence-electron chi connectivity index (χ3n) is 3.56. The molecule has 4 nitrogen and oxygen atoms in total. The Morgan fingerprint density at radius 2 is 2.10 bits per heavy atom. The topological polar surface area (TPSA) is 46.9 Å². The average Bonchev–Trinajstić information content (AvgIpc) is 2.46. The van der Waals surface area contributed by atoms with Gasteiger partial charge in [-0.25, -0.2) is 4.98 Å². The maximum absolute atomic E-state index is 12.4. The van der Waals surface area contributed by atoms with Gasteiger partial charge in [0.05, 0.1) is 17.2 Å². The standard InChI is InChI=1S/C15H20BrN3O/c1-3-12(4-2)17-7-8-19-10-18-14-6-5-11(16)9-13(14)15(19)20/h5-6,9-10,12,17H,3-4,7-8H2,1-2H3. The second-order valence-corrected chi connectivity index (χ2v) is 5.79. The number of halogens is 1. The summed E-state index contributed by atoms with van der Waals surface area (Å²) in [5, 5.41) is 4.11. The molecule has 5 heteroatoms. The number of nitrogens with zero attached hydrogens (tertiary/aromatic N) is 2. The zero-order chi connectivity index (χ0) is 14.5. The normalized spacial score (nSPS) is 11.4. The fraction of sp³-hybridized carbons (Fsp3) is 0.467. The van der Waals surface area contributed by atoms with Crippen LogP contribution in [0.5, 0.6) is 0 Å². The van der Waals surface area contributed by atoms with E-state index in [2.05, 4.69) is 40.1 Å². The minimum absolute atomic E-state index is 0.0163. The number of hydrogen-bond donors (Lipinski definition) is 1. The number of hydrogen-bond acceptors (Lipinski definition) is 3. The summed E-state index contributed by atoms with van der Waals surface area (Å²) in [4.78, 5) is 16.7. The molecule has 0 unspecified atom stereocenters. The molecule has 2 aromatic rings. The summed E-state index contributed by atoms with van der Waals surface area (Å²) in [6.45, 7) is 5.77. The largest absolute Gasteiger partial charge is 0.312 e. The van der Waals surface area contributed by atoms with Crippen LogP contribution in [0, 0.1) is 0 Å². The van der Waals surface area contributed by atoms with Crippen molar-refractivity contribution in [2.45, 2.75) is 39.3 Å². The lowest BCUT2D eigenvalue weighted by atomic mass is 10.2. The highest BCUT2D eigenvalue weighted by Gasteiger charge is 2.06. The lowest BCUT2D eigenvalue weighted by molar-refractivity contribution is 0.462. The van der Waals surface area contributed by atoms with Gasteiger partial charge >= 0.3 is 0 Å². The van der Waals surface area contributed by atoms with Gasteiger partial charge in [-0.2, -0.15) is 0 Å². The third-order valence-corrected chi connectivity index (χ3v) is 4.05. The Labute approximate surface area is 127 Å². The summed E-state index contributed by atoms with van der Waals surface area (Å²) in [7, 11) is 0.